The number of thioether (sulfide) groups is 1. The van der Waals surface area contributed by atoms with E-state index in [4.69, 9.17) is 18.9 Å². The first-order chi connectivity index (χ1) is 15.5. The number of carbonyl (C=O) groups excluding carboxylic acids is 2. The predicted octanol–water partition coefficient (Wildman–Crippen LogP) is 3.75. The van der Waals surface area contributed by atoms with E-state index in [1.165, 1.54) is 4.90 Å². The molecule has 0 atom stereocenters. The molecule has 0 bridgehead atoms. The molecule has 1 amide bonds. The first-order valence-electron chi connectivity index (χ1n) is 9.80. The Kier molecular flexibility index (Phi) is 7.77. The zero-order chi connectivity index (χ0) is 23.1. The molecule has 2 aromatic rings. The van der Waals surface area contributed by atoms with Crippen molar-refractivity contribution in [1.82, 2.24) is 0 Å². The van der Waals surface area contributed by atoms with Gasteiger partial charge in [-0.2, -0.15) is 0 Å². The van der Waals surface area contributed by atoms with Crippen molar-refractivity contribution in [3.8, 4) is 17.2 Å². The molecule has 1 heterocycles. The van der Waals surface area contributed by atoms with Crippen molar-refractivity contribution < 1.29 is 28.5 Å². The molecule has 0 aromatic heterocycles. The Morgan fingerprint density at radius 3 is 2.34 bits per heavy atom. The van der Waals surface area contributed by atoms with Crippen molar-refractivity contribution in [2.24, 2.45) is 4.99 Å². The third kappa shape index (κ3) is 5.23. The Morgan fingerprint density at radius 1 is 1.03 bits per heavy atom. The normalized spacial score (nSPS) is 14.4. The van der Waals surface area contributed by atoms with Crippen LogP contribution in [0.4, 0.5) is 5.69 Å². The van der Waals surface area contributed by atoms with Crippen LogP contribution in [0.2, 0.25) is 0 Å². The molecule has 0 saturated carbocycles. The number of anilines is 1. The molecule has 0 N–H and O–H groups in total. The lowest BCUT2D eigenvalue weighted by molar-refractivity contribution is -0.139. The molecule has 1 aliphatic heterocycles. The standard InChI is InChI=1S/C23H24N2O6S/c1-5-31-21(26)14-32-23-24-19(12-15-6-9-18(29-3)13-20(15)30-4)22(27)25(23)16-7-10-17(28-2)11-8-16/h6-13H,5,14H2,1-4H3. The van der Waals surface area contributed by atoms with Gasteiger partial charge < -0.3 is 18.9 Å². The number of benzene rings is 2. The monoisotopic (exact) mass is 456 g/mol. The van der Waals surface area contributed by atoms with E-state index >= 15 is 0 Å². The van der Waals surface area contributed by atoms with Gasteiger partial charge in [0.25, 0.3) is 5.91 Å². The Hall–Kier alpha value is -3.46. The molecule has 0 saturated heterocycles. The molecule has 8 nitrogen and oxygen atoms in total. The topological polar surface area (TPSA) is 86.7 Å². The summed E-state index contributed by atoms with van der Waals surface area (Å²) in [5.41, 5.74) is 1.50. The van der Waals surface area contributed by atoms with E-state index in [1.54, 1.807) is 76.8 Å². The molecule has 0 radical (unpaired) electrons. The van der Waals surface area contributed by atoms with Gasteiger partial charge in [-0.05, 0) is 49.4 Å². The number of nitrogens with zero attached hydrogens (tertiary/aromatic N) is 2. The van der Waals surface area contributed by atoms with Gasteiger partial charge in [-0.3, -0.25) is 14.5 Å². The number of esters is 1. The van der Waals surface area contributed by atoms with Crippen molar-refractivity contribution in [1.29, 1.82) is 0 Å². The van der Waals surface area contributed by atoms with Gasteiger partial charge in [0.2, 0.25) is 0 Å². The highest BCUT2D eigenvalue weighted by atomic mass is 32.2. The second-order valence-electron chi connectivity index (χ2n) is 6.46. The molecule has 0 spiro atoms. The summed E-state index contributed by atoms with van der Waals surface area (Å²) in [7, 11) is 4.68. The predicted molar refractivity (Wildman–Crippen MR) is 125 cm³/mol. The number of rotatable bonds is 8. The van der Waals surface area contributed by atoms with Crippen LogP contribution < -0.4 is 19.1 Å². The molecule has 0 unspecified atom stereocenters. The van der Waals surface area contributed by atoms with Crippen molar-refractivity contribution in [2.45, 2.75) is 6.92 Å². The zero-order valence-electron chi connectivity index (χ0n) is 18.3. The van der Waals surface area contributed by atoms with Gasteiger partial charge in [-0.25, -0.2) is 4.99 Å². The van der Waals surface area contributed by atoms with Crippen LogP contribution in [0.25, 0.3) is 6.08 Å². The van der Waals surface area contributed by atoms with E-state index < -0.39 is 0 Å². The molecule has 0 aliphatic carbocycles. The fourth-order valence-electron chi connectivity index (χ4n) is 2.96. The maximum Gasteiger partial charge on any atom is 0.316 e. The summed E-state index contributed by atoms with van der Waals surface area (Å²) >= 11 is 1.14. The van der Waals surface area contributed by atoms with Gasteiger partial charge in [0, 0.05) is 11.6 Å². The largest absolute Gasteiger partial charge is 0.497 e. The second-order valence-corrected chi connectivity index (χ2v) is 7.41. The van der Waals surface area contributed by atoms with E-state index in [9.17, 15) is 9.59 Å². The van der Waals surface area contributed by atoms with E-state index in [2.05, 4.69) is 4.99 Å². The minimum atomic E-state index is -0.378. The van der Waals surface area contributed by atoms with Crippen molar-refractivity contribution in [3.05, 3.63) is 53.7 Å². The Labute approximate surface area is 190 Å². The minimum absolute atomic E-state index is 0.0335. The van der Waals surface area contributed by atoms with Crippen molar-refractivity contribution in [3.63, 3.8) is 0 Å². The number of carbonyl (C=O) groups is 2. The number of amides is 1. The van der Waals surface area contributed by atoms with E-state index in [1.807, 2.05) is 0 Å². The molecule has 168 valence electrons. The van der Waals surface area contributed by atoms with Crippen LogP contribution in [-0.4, -0.2) is 50.7 Å². The third-order valence-corrected chi connectivity index (χ3v) is 5.43. The second kappa shape index (κ2) is 10.7. The Balaban J connectivity index is 1.97. The molecule has 0 fully saturated rings. The number of amidine groups is 1. The third-order valence-electron chi connectivity index (χ3n) is 4.52. The van der Waals surface area contributed by atoms with Gasteiger partial charge in [0.05, 0.1) is 39.4 Å². The molecule has 9 heteroatoms. The minimum Gasteiger partial charge on any atom is -0.497 e. The maximum absolute atomic E-state index is 13.3. The summed E-state index contributed by atoms with van der Waals surface area (Å²) < 4.78 is 20.8. The fourth-order valence-corrected chi connectivity index (χ4v) is 3.77. The summed E-state index contributed by atoms with van der Waals surface area (Å²) in [5, 5.41) is 0.381. The summed E-state index contributed by atoms with van der Waals surface area (Å²) in [4.78, 5) is 31.1. The molecule has 1 aliphatic rings. The van der Waals surface area contributed by atoms with Gasteiger partial charge >= 0.3 is 5.97 Å². The number of hydrogen-bond acceptors (Lipinski definition) is 8. The lowest BCUT2D eigenvalue weighted by Crippen LogP contribution is -2.30. The van der Waals surface area contributed by atoms with Crippen molar-refractivity contribution >= 4 is 40.6 Å². The molecular weight excluding hydrogens is 432 g/mol. The van der Waals surface area contributed by atoms with E-state index in [0.717, 1.165) is 11.8 Å². The summed E-state index contributed by atoms with van der Waals surface area (Å²) in [6.45, 7) is 2.03. The van der Waals surface area contributed by atoms with Crippen LogP contribution in [0.15, 0.2) is 53.2 Å². The van der Waals surface area contributed by atoms with Gasteiger partial charge in [-0.1, -0.05) is 11.8 Å². The SMILES string of the molecule is CCOC(=O)CSC1=NC(=Cc2ccc(OC)cc2OC)C(=O)N1c1ccc(OC)cc1. The fraction of sp³-hybridized carbons (Fsp3) is 0.261. The average Bonchev–Trinajstić information content (AvgIpc) is 3.13. The molecule has 3 rings (SSSR count). The highest BCUT2D eigenvalue weighted by molar-refractivity contribution is 8.14. The number of methoxy groups -OCH3 is 3. The van der Waals surface area contributed by atoms with Crippen LogP contribution in [-0.2, 0) is 14.3 Å². The van der Waals surface area contributed by atoms with E-state index in [0.29, 0.717) is 33.7 Å². The first-order valence-corrected chi connectivity index (χ1v) is 10.8. The maximum atomic E-state index is 13.3. The van der Waals surface area contributed by atoms with E-state index in [-0.39, 0.29) is 29.9 Å². The lowest BCUT2D eigenvalue weighted by Gasteiger charge is -2.18. The van der Waals surface area contributed by atoms with Gasteiger partial charge in [0.1, 0.15) is 22.9 Å². The van der Waals surface area contributed by atoms with Gasteiger partial charge in [0.15, 0.2) is 5.17 Å². The van der Waals surface area contributed by atoms with Crippen molar-refractivity contribution in [2.75, 3.05) is 38.6 Å². The highest BCUT2D eigenvalue weighted by Gasteiger charge is 2.32. The van der Waals surface area contributed by atoms with Crippen LogP contribution in [0.1, 0.15) is 12.5 Å². The molecule has 32 heavy (non-hydrogen) atoms. The zero-order valence-corrected chi connectivity index (χ0v) is 19.1. The summed E-state index contributed by atoms with van der Waals surface area (Å²) in [6, 6.07) is 12.3. The first kappa shape index (κ1) is 23.2. The van der Waals surface area contributed by atoms with Crippen LogP contribution >= 0.6 is 11.8 Å². The summed E-state index contributed by atoms with van der Waals surface area (Å²) in [6.07, 6.45) is 1.65. The van der Waals surface area contributed by atoms with Gasteiger partial charge in [-0.15, -0.1) is 0 Å². The Bertz CT molecular complexity index is 1050. The lowest BCUT2D eigenvalue weighted by atomic mass is 10.1. The number of hydrogen-bond donors (Lipinski definition) is 0. The van der Waals surface area contributed by atoms with Crippen LogP contribution in [0.3, 0.4) is 0 Å². The average molecular weight is 457 g/mol. The number of ether oxygens (including phenoxy) is 4. The quantitative estimate of drug-likeness (QED) is 0.442. The van der Waals surface area contributed by atoms with Crippen LogP contribution in [0, 0.1) is 0 Å². The molecule has 2 aromatic carbocycles. The number of aliphatic imine (C=N–C) groups is 1. The van der Waals surface area contributed by atoms with Crippen LogP contribution in [0.5, 0.6) is 17.2 Å². The highest BCUT2D eigenvalue weighted by Crippen LogP contribution is 2.33. The Morgan fingerprint density at radius 2 is 1.72 bits per heavy atom. The summed E-state index contributed by atoms with van der Waals surface area (Å²) in [5.74, 6) is 1.18. The smallest absolute Gasteiger partial charge is 0.316 e. The molecular formula is C23H24N2O6S.